The second-order valence-electron chi connectivity index (χ2n) is 5.80. The molecule has 0 fully saturated rings. The van der Waals surface area contributed by atoms with E-state index in [2.05, 4.69) is 9.82 Å². The van der Waals surface area contributed by atoms with E-state index >= 15 is 0 Å². The monoisotopic (exact) mass is 357 g/mol. The summed E-state index contributed by atoms with van der Waals surface area (Å²) in [6.07, 6.45) is 0. The topological polar surface area (TPSA) is 81.1 Å². The number of hydrogen-bond donors (Lipinski definition) is 1. The van der Waals surface area contributed by atoms with Gasteiger partial charge in [0.15, 0.2) is 0 Å². The van der Waals surface area contributed by atoms with Crippen LogP contribution in [0.3, 0.4) is 0 Å². The number of rotatable bonds is 4. The van der Waals surface area contributed by atoms with Gasteiger partial charge in [-0.05, 0) is 24.6 Å². The fourth-order valence-electron chi connectivity index (χ4n) is 2.82. The van der Waals surface area contributed by atoms with Crippen LogP contribution in [0.25, 0.3) is 22.0 Å². The van der Waals surface area contributed by atoms with Crippen molar-refractivity contribution in [1.29, 1.82) is 0 Å². The maximum absolute atomic E-state index is 12.4. The Labute approximate surface area is 146 Å². The van der Waals surface area contributed by atoms with Gasteiger partial charge in [0, 0.05) is 24.5 Å². The van der Waals surface area contributed by atoms with Gasteiger partial charge >= 0.3 is 0 Å². The second kappa shape index (κ2) is 6.42. The zero-order valence-electron chi connectivity index (χ0n) is 14.3. The summed E-state index contributed by atoms with van der Waals surface area (Å²) >= 11 is 0. The van der Waals surface area contributed by atoms with E-state index < -0.39 is 10.0 Å². The number of nitrogens with zero attached hydrogens (tertiary/aromatic N) is 2. The molecule has 0 saturated carbocycles. The molecule has 0 bridgehead atoms. The Morgan fingerprint density at radius 1 is 1.12 bits per heavy atom. The third-order valence-corrected chi connectivity index (χ3v) is 5.73. The first-order chi connectivity index (χ1) is 11.8. The summed E-state index contributed by atoms with van der Waals surface area (Å²) in [6.45, 7) is 3.80. The van der Waals surface area contributed by atoms with Gasteiger partial charge in [0.05, 0.1) is 16.0 Å². The number of aromatic nitrogens is 2. The summed E-state index contributed by atoms with van der Waals surface area (Å²) in [4.78, 5) is 12.5. The van der Waals surface area contributed by atoms with Gasteiger partial charge in [0.1, 0.15) is 0 Å². The fraction of sp³-hybridized carbons (Fsp3) is 0.222. The number of nitrogens with one attached hydrogen (secondary N) is 1. The lowest BCUT2D eigenvalue weighted by atomic mass is 10.0. The first kappa shape index (κ1) is 17.3. The molecule has 0 amide bonds. The van der Waals surface area contributed by atoms with Crippen LogP contribution >= 0.6 is 0 Å². The average molecular weight is 357 g/mol. The molecule has 6 nitrogen and oxygen atoms in total. The largest absolute Gasteiger partial charge is 0.274 e. The Hall–Kier alpha value is -2.51. The van der Waals surface area contributed by atoms with Crippen molar-refractivity contribution in [2.75, 3.05) is 6.54 Å². The molecule has 0 aliphatic rings. The highest BCUT2D eigenvalue weighted by molar-refractivity contribution is 7.89. The Bertz CT molecular complexity index is 1120. The van der Waals surface area contributed by atoms with Crippen LogP contribution < -0.4 is 10.3 Å². The van der Waals surface area contributed by atoms with Crippen molar-refractivity contribution in [3.8, 4) is 11.3 Å². The van der Waals surface area contributed by atoms with Crippen LogP contribution in [0.5, 0.6) is 0 Å². The Morgan fingerprint density at radius 2 is 1.80 bits per heavy atom. The summed E-state index contributed by atoms with van der Waals surface area (Å²) in [5.41, 5.74) is 1.69. The predicted molar refractivity (Wildman–Crippen MR) is 98.0 cm³/mol. The molecular formula is C18H19N3O3S. The average Bonchev–Trinajstić information content (AvgIpc) is 2.58. The van der Waals surface area contributed by atoms with Crippen molar-refractivity contribution in [1.82, 2.24) is 14.5 Å². The van der Waals surface area contributed by atoms with Crippen LogP contribution in [-0.2, 0) is 17.1 Å². The molecule has 25 heavy (non-hydrogen) atoms. The zero-order chi connectivity index (χ0) is 18.2. The van der Waals surface area contributed by atoms with Gasteiger partial charge in [-0.3, -0.25) is 4.79 Å². The van der Waals surface area contributed by atoms with Gasteiger partial charge in [-0.25, -0.2) is 17.8 Å². The Kier molecular flexibility index (Phi) is 4.45. The molecule has 1 aromatic heterocycles. The third-order valence-electron chi connectivity index (χ3n) is 4.04. The molecule has 130 valence electrons. The van der Waals surface area contributed by atoms with E-state index in [-0.39, 0.29) is 10.5 Å². The van der Waals surface area contributed by atoms with Crippen molar-refractivity contribution in [3.05, 3.63) is 58.4 Å². The molecule has 0 radical (unpaired) electrons. The summed E-state index contributed by atoms with van der Waals surface area (Å²) in [5.74, 6) is 0. The third kappa shape index (κ3) is 3.08. The van der Waals surface area contributed by atoms with E-state index in [1.807, 2.05) is 18.2 Å². The number of aryl methyl sites for hydroxylation is 2. The molecule has 3 rings (SSSR count). The van der Waals surface area contributed by atoms with Crippen molar-refractivity contribution < 1.29 is 8.42 Å². The number of benzene rings is 2. The van der Waals surface area contributed by atoms with Gasteiger partial charge in [-0.15, -0.1) is 0 Å². The van der Waals surface area contributed by atoms with Crippen LogP contribution in [0.2, 0.25) is 0 Å². The Balaban J connectivity index is 2.31. The highest BCUT2D eigenvalue weighted by atomic mass is 32.2. The van der Waals surface area contributed by atoms with Crippen molar-refractivity contribution in [3.63, 3.8) is 0 Å². The number of fused-ring (bicyclic) bond motifs is 1. The first-order valence-electron chi connectivity index (χ1n) is 7.92. The van der Waals surface area contributed by atoms with E-state index in [0.717, 1.165) is 0 Å². The van der Waals surface area contributed by atoms with Crippen LogP contribution in [0.15, 0.2) is 52.2 Å². The Morgan fingerprint density at radius 3 is 2.48 bits per heavy atom. The van der Waals surface area contributed by atoms with Crippen molar-refractivity contribution >= 4 is 20.8 Å². The first-order valence-corrected chi connectivity index (χ1v) is 9.40. The van der Waals surface area contributed by atoms with E-state index in [9.17, 15) is 13.2 Å². The van der Waals surface area contributed by atoms with Gasteiger partial charge in [-0.1, -0.05) is 37.3 Å². The van der Waals surface area contributed by atoms with Crippen LogP contribution in [0.1, 0.15) is 12.5 Å². The summed E-state index contributed by atoms with van der Waals surface area (Å²) in [7, 11) is -2.00. The van der Waals surface area contributed by atoms with Gasteiger partial charge < -0.3 is 0 Å². The van der Waals surface area contributed by atoms with Gasteiger partial charge in [-0.2, -0.15) is 5.10 Å². The fourth-order valence-corrected chi connectivity index (χ4v) is 4.13. The highest BCUT2D eigenvalue weighted by Crippen LogP contribution is 2.28. The lowest BCUT2D eigenvalue weighted by Gasteiger charge is -2.12. The maximum atomic E-state index is 12.4. The normalized spacial score (nSPS) is 11.8. The van der Waals surface area contributed by atoms with E-state index in [1.165, 1.54) is 4.68 Å². The molecule has 0 atom stereocenters. The zero-order valence-corrected chi connectivity index (χ0v) is 15.1. The number of hydrogen-bond acceptors (Lipinski definition) is 4. The lowest BCUT2D eigenvalue weighted by molar-refractivity contribution is 0.583. The summed E-state index contributed by atoms with van der Waals surface area (Å²) in [5, 5.41) is 5.60. The molecule has 0 unspecified atom stereocenters. The summed E-state index contributed by atoms with van der Waals surface area (Å²) < 4.78 is 28.7. The molecular weight excluding hydrogens is 338 g/mol. The SMILES string of the molecule is CCNS(=O)(=O)c1cc(-c2nn(C)c(=O)c3ccccc23)ccc1C. The summed E-state index contributed by atoms with van der Waals surface area (Å²) in [6, 6.07) is 12.4. The molecule has 0 saturated heterocycles. The van der Waals surface area contributed by atoms with Crippen LogP contribution in [-0.4, -0.2) is 24.7 Å². The van der Waals surface area contributed by atoms with E-state index in [1.54, 1.807) is 45.2 Å². The molecule has 3 aromatic rings. The van der Waals surface area contributed by atoms with Crippen molar-refractivity contribution in [2.24, 2.45) is 7.05 Å². The van der Waals surface area contributed by atoms with E-state index in [4.69, 9.17) is 0 Å². The smallest absolute Gasteiger partial charge is 0.267 e. The standard InChI is InChI=1S/C18H19N3O3S/c1-4-19-25(23,24)16-11-13(10-9-12(16)2)17-14-7-5-6-8-15(14)18(22)21(3)20-17/h5-11,19H,4H2,1-3H3. The molecule has 1 N–H and O–H groups in total. The minimum Gasteiger partial charge on any atom is -0.267 e. The highest BCUT2D eigenvalue weighted by Gasteiger charge is 2.18. The maximum Gasteiger partial charge on any atom is 0.274 e. The predicted octanol–water partition coefficient (Wildman–Crippen LogP) is 2.21. The minimum atomic E-state index is -3.59. The minimum absolute atomic E-state index is 0.188. The quantitative estimate of drug-likeness (QED) is 0.776. The second-order valence-corrected chi connectivity index (χ2v) is 7.54. The number of sulfonamides is 1. The van der Waals surface area contributed by atoms with Crippen LogP contribution in [0.4, 0.5) is 0 Å². The molecule has 0 aliphatic carbocycles. The molecule has 0 spiro atoms. The lowest BCUT2D eigenvalue weighted by Crippen LogP contribution is -2.24. The molecule has 1 heterocycles. The van der Waals surface area contributed by atoms with Gasteiger partial charge in [0.25, 0.3) is 5.56 Å². The molecule has 0 aliphatic heterocycles. The molecule has 7 heteroatoms. The molecule has 2 aromatic carbocycles. The van der Waals surface area contributed by atoms with E-state index in [0.29, 0.717) is 34.1 Å². The van der Waals surface area contributed by atoms with Crippen molar-refractivity contribution in [2.45, 2.75) is 18.7 Å². The van der Waals surface area contributed by atoms with Crippen LogP contribution in [0, 0.1) is 6.92 Å². The van der Waals surface area contributed by atoms with Gasteiger partial charge in [0.2, 0.25) is 10.0 Å².